The second kappa shape index (κ2) is 5.62. The van der Waals surface area contributed by atoms with Gasteiger partial charge in [-0.25, -0.2) is 0 Å². The van der Waals surface area contributed by atoms with Crippen LogP contribution >= 0.6 is 0 Å². The van der Waals surface area contributed by atoms with Gasteiger partial charge in [-0.15, -0.1) is 0 Å². The average Bonchev–Trinajstić information content (AvgIpc) is 1.48. The molecule has 0 aromatic heterocycles. The fraction of sp³-hybridized carbons (Fsp3) is 1.00. The average molecular weight is 255 g/mol. The molecule has 0 unspecified atom stereocenters. The minimum atomic E-state index is -1.78. The lowest BCUT2D eigenvalue weighted by atomic mass is 11.8. The van der Waals surface area contributed by atoms with Gasteiger partial charge in [0.25, 0.3) is 0 Å². The number of hydrogen-bond acceptors (Lipinski definition) is 2. The first-order valence-electron chi connectivity index (χ1n) is 4.50. The minimum absolute atomic E-state index is 0. The molecule has 82 valence electrons. The summed E-state index contributed by atoms with van der Waals surface area (Å²) < 4.78 is 11.9. The Balaban J connectivity index is 0. The van der Waals surface area contributed by atoms with Crippen LogP contribution in [0.25, 0.3) is 0 Å². The Hall–Kier alpha value is 0.788. The van der Waals surface area contributed by atoms with Crippen LogP contribution in [0.3, 0.4) is 0 Å². The molecule has 0 saturated carbocycles. The van der Waals surface area contributed by atoms with Crippen molar-refractivity contribution in [1.29, 1.82) is 0 Å². The predicted octanol–water partition coefficient (Wildman–Crippen LogP) is 1.09. The lowest BCUT2D eigenvalue weighted by molar-refractivity contribution is 0.405. The molecule has 6 heteroatoms. The van der Waals surface area contributed by atoms with Crippen molar-refractivity contribution in [3.05, 3.63) is 0 Å². The number of rotatable bonds is 4. The SMILES string of the molecule is C[SiH](C)O[Si](C)(C)O[Si](C)(C)C.[SiH4]. The topological polar surface area (TPSA) is 18.5 Å². The highest BCUT2D eigenvalue weighted by atomic mass is 28.5. The van der Waals surface area contributed by atoms with Crippen LogP contribution in [0, 0.1) is 0 Å². The maximum Gasteiger partial charge on any atom is 0.310 e. The Morgan fingerprint density at radius 2 is 1.31 bits per heavy atom. The van der Waals surface area contributed by atoms with Crippen molar-refractivity contribution >= 4 is 36.9 Å². The van der Waals surface area contributed by atoms with Gasteiger partial charge in [-0.1, -0.05) is 0 Å². The van der Waals surface area contributed by atoms with E-state index in [1.165, 1.54) is 0 Å². The van der Waals surface area contributed by atoms with Crippen molar-refractivity contribution in [2.24, 2.45) is 0 Å². The molecule has 0 aromatic carbocycles. The molecular weight excluding hydrogens is 228 g/mol. The van der Waals surface area contributed by atoms with Crippen LogP contribution in [0.2, 0.25) is 45.8 Å². The Bertz CT molecular complexity index is 142. The van der Waals surface area contributed by atoms with E-state index in [1.54, 1.807) is 0 Å². The molecule has 2 nitrogen and oxygen atoms in total. The largest absolute Gasteiger partial charge is 0.440 e. The van der Waals surface area contributed by atoms with Gasteiger partial charge in [-0.05, 0) is 56.8 Å². The van der Waals surface area contributed by atoms with Crippen molar-refractivity contribution in [1.82, 2.24) is 0 Å². The third-order valence-electron chi connectivity index (χ3n) is 1.07. The quantitative estimate of drug-likeness (QED) is 0.699. The fourth-order valence-corrected chi connectivity index (χ4v) is 12.4. The molecule has 0 rings (SSSR count). The zero-order valence-corrected chi connectivity index (χ0v) is 12.5. The van der Waals surface area contributed by atoms with Gasteiger partial charge >= 0.3 is 8.56 Å². The highest BCUT2D eigenvalue weighted by Crippen LogP contribution is 2.15. The summed E-state index contributed by atoms with van der Waals surface area (Å²) in [5, 5.41) is 0. The molecule has 0 aliphatic carbocycles. The van der Waals surface area contributed by atoms with E-state index in [4.69, 9.17) is 8.23 Å². The molecule has 0 aliphatic heterocycles. The lowest BCUT2D eigenvalue weighted by Gasteiger charge is -2.32. The third-order valence-corrected chi connectivity index (χ3v) is 9.64. The lowest BCUT2D eigenvalue weighted by Crippen LogP contribution is -2.46. The molecule has 13 heavy (non-hydrogen) atoms. The van der Waals surface area contributed by atoms with E-state index >= 15 is 0 Å². The molecule has 0 saturated heterocycles. The molecule has 0 N–H and O–H groups in total. The second-order valence-corrected chi connectivity index (χ2v) is 15.7. The highest BCUT2D eigenvalue weighted by molar-refractivity contribution is 6.83. The zero-order valence-electron chi connectivity index (χ0n) is 9.39. The van der Waals surface area contributed by atoms with Gasteiger partial charge in [-0.3, -0.25) is 0 Å². The summed E-state index contributed by atoms with van der Waals surface area (Å²) in [7, 11) is -4.10. The van der Waals surface area contributed by atoms with E-state index in [0.717, 1.165) is 0 Å². The summed E-state index contributed by atoms with van der Waals surface area (Å²) in [6, 6.07) is 0. The molecule has 0 fully saturated rings. The Labute approximate surface area is 91.2 Å². The molecule has 0 bridgehead atoms. The van der Waals surface area contributed by atoms with E-state index < -0.39 is 25.9 Å². The van der Waals surface area contributed by atoms with Crippen LogP contribution in [0.15, 0.2) is 0 Å². The van der Waals surface area contributed by atoms with Gasteiger partial charge in [0.15, 0.2) is 17.4 Å². The normalized spacial score (nSPS) is 12.9. The molecule has 0 spiro atoms. The Morgan fingerprint density at radius 1 is 0.923 bits per heavy atom. The van der Waals surface area contributed by atoms with E-state index in [-0.39, 0.29) is 11.0 Å². The van der Waals surface area contributed by atoms with Gasteiger partial charge in [0, 0.05) is 0 Å². The Kier molecular flexibility index (Phi) is 7.01. The van der Waals surface area contributed by atoms with Gasteiger partial charge in [0.2, 0.25) is 0 Å². The molecule has 0 aliphatic rings. The van der Waals surface area contributed by atoms with Crippen molar-refractivity contribution < 1.29 is 8.23 Å². The van der Waals surface area contributed by atoms with Gasteiger partial charge in [0.05, 0.1) is 0 Å². The summed E-state index contributed by atoms with van der Waals surface area (Å²) in [4.78, 5) is 0. The van der Waals surface area contributed by atoms with Crippen LogP contribution in [0.4, 0.5) is 0 Å². The minimum Gasteiger partial charge on any atom is -0.440 e. The second-order valence-electron chi connectivity index (χ2n) is 4.78. The van der Waals surface area contributed by atoms with Crippen LogP contribution in [-0.4, -0.2) is 36.9 Å². The first-order chi connectivity index (χ1) is 5.12. The summed E-state index contributed by atoms with van der Waals surface area (Å²) in [6.07, 6.45) is 0. The molecule has 0 atom stereocenters. The maximum atomic E-state index is 6.03. The summed E-state index contributed by atoms with van der Waals surface area (Å²) in [5.74, 6) is 0. The van der Waals surface area contributed by atoms with Crippen LogP contribution in [0.5, 0.6) is 0 Å². The van der Waals surface area contributed by atoms with E-state index in [9.17, 15) is 0 Å². The van der Waals surface area contributed by atoms with Crippen molar-refractivity contribution in [3.63, 3.8) is 0 Å². The van der Waals surface area contributed by atoms with Crippen LogP contribution in [-0.2, 0) is 8.23 Å². The maximum absolute atomic E-state index is 6.03. The molecule has 0 heterocycles. The first kappa shape index (κ1) is 16.2. The van der Waals surface area contributed by atoms with Crippen molar-refractivity contribution in [2.75, 3.05) is 0 Å². The molecule has 0 amide bonds. The molecule has 0 radical (unpaired) electrons. The van der Waals surface area contributed by atoms with Gasteiger partial charge in [-0.2, -0.15) is 0 Å². The van der Waals surface area contributed by atoms with Gasteiger partial charge < -0.3 is 8.23 Å². The zero-order chi connectivity index (χ0) is 9.99. The standard InChI is InChI=1S/C7H22O2Si3.H4Si/c1-10(2)8-12(6,7)9-11(3,4)5;/h10H,1-7H3;1H4. The van der Waals surface area contributed by atoms with Crippen molar-refractivity contribution in [2.45, 2.75) is 45.8 Å². The molecule has 0 aromatic rings. The summed E-state index contributed by atoms with van der Waals surface area (Å²) in [6.45, 7) is 15.3. The summed E-state index contributed by atoms with van der Waals surface area (Å²) >= 11 is 0. The van der Waals surface area contributed by atoms with Crippen molar-refractivity contribution in [3.8, 4) is 0 Å². The summed E-state index contributed by atoms with van der Waals surface area (Å²) in [5.41, 5.74) is 0. The highest BCUT2D eigenvalue weighted by Gasteiger charge is 2.31. The molecular formula is C7H26O2Si4. The third kappa shape index (κ3) is 10.7. The fourth-order valence-electron chi connectivity index (χ4n) is 1.33. The monoisotopic (exact) mass is 254 g/mol. The van der Waals surface area contributed by atoms with E-state index in [2.05, 4.69) is 45.8 Å². The van der Waals surface area contributed by atoms with Gasteiger partial charge in [0.1, 0.15) is 0 Å². The van der Waals surface area contributed by atoms with E-state index in [1.807, 2.05) is 0 Å². The Morgan fingerprint density at radius 3 is 1.54 bits per heavy atom. The first-order valence-corrected chi connectivity index (χ1v) is 13.5. The predicted molar refractivity (Wildman–Crippen MR) is 73.2 cm³/mol. The number of hydrogen-bond donors (Lipinski definition) is 0. The van der Waals surface area contributed by atoms with Crippen LogP contribution < -0.4 is 0 Å². The van der Waals surface area contributed by atoms with E-state index in [0.29, 0.717) is 0 Å². The van der Waals surface area contributed by atoms with Crippen LogP contribution in [0.1, 0.15) is 0 Å². The smallest absolute Gasteiger partial charge is 0.310 e.